The van der Waals surface area contributed by atoms with Crippen LogP contribution in [0.15, 0.2) is 4.42 Å². The van der Waals surface area contributed by atoms with E-state index in [-0.39, 0.29) is 17.2 Å². The molecule has 134 valence electrons. The summed E-state index contributed by atoms with van der Waals surface area (Å²) in [5.74, 6) is 1.64. The Labute approximate surface area is 143 Å². The predicted molar refractivity (Wildman–Crippen MR) is 89.6 cm³/mol. The van der Waals surface area contributed by atoms with Crippen LogP contribution in [-0.2, 0) is 16.0 Å². The van der Waals surface area contributed by atoms with Crippen LogP contribution in [0.5, 0.6) is 0 Å². The average Bonchev–Trinajstić information content (AvgIpc) is 3.16. The summed E-state index contributed by atoms with van der Waals surface area (Å²) in [6.45, 7) is 7.20. The number of aryl methyl sites for hydroxylation is 1. The van der Waals surface area contributed by atoms with Gasteiger partial charge in [-0.05, 0) is 31.1 Å². The molecule has 24 heavy (non-hydrogen) atoms. The number of hydrogen-bond donors (Lipinski definition) is 0. The lowest BCUT2D eigenvalue weighted by atomic mass is 9.71. The number of aromatic nitrogens is 2. The van der Waals surface area contributed by atoms with E-state index in [1.807, 2.05) is 13.8 Å². The molecule has 1 aromatic heterocycles. The van der Waals surface area contributed by atoms with Crippen molar-refractivity contribution in [2.45, 2.75) is 77.4 Å². The first-order valence-electron chi connectivity index (χ1n) is 9.07. The van der Waals surface area contributed by atoms with Gasteiger partial charge >= 0.3 is 0 Å². The van der Waals surface area contributed by atoms with E-state index in [4.69, 9.17) is 9.15 Å². The summed E-state index contributed by atoms with van der Waals surface area (Å²) in [6.07, 6.45) is 5.52. The van der Waals surface area contributed by atoms with Gasteiger partial charge < -0.3 is 14.1 Å². The van der Waals surface area contributed by atoms with E-state index in [2.05, 4.69) is 22.0 Å². The number of carbonyl (C=O) groups excluding carboxylic acids is 1. The minimum atomic E-state index is 0.198. The standard InChI is InChI=1S/C18H29N3O3/c1-12(2)17-20-19-15(24-17)7-8-16(22)21-10-9-18(3)11-13(23-4)5-6-14(18)21/h12-14H,5-11H2,1-4H3/t13-,14-,18+/m1/s1. The molecule has 1 saturated heterocycles. The highest BCUT2D eigenvalue weighted by Gasteiger charge is 2.49. The quantitative estimate of drug-likeness (QED) is 0.827. The number of nitrogens with zero attached hydrogens (tertiary/aromatic N) is 3. The fraction of sp³-hybridized carbons (Fsp3) is 0.833. The molecule has 0 radical (unpaired) electrons. The topological polar surface area (TPSA) is 68.5 Å². The van der Waals surface area contributed by atoms with Crippen molar-refractivity contribution in [1.29, 1.82) is 0 Å². The van der Waals surface area contributed by atoms with E-state index >= 15 is 0 Å². The Hall–Kier alpha value is -1.43. The molecular formula is C18H29N3O3. The van der Waals surface area contributed by atoms with Crippen LogP contribution in [0, 0.1) is 5.41 Å². The zero-order chi connectivity index (χ0) is 17.3. The molecule has 1 amide bonds. The van der Waals surface area contributed by atoms with Crippen LogP contribution in [0.3, 0.4) is 0 Å². The van der Waals surface area contributed by atoms with E-state index in [1.165, 1.54) is 0 Å². The lowest BCUT2D eigenvalue weighted by Crippen LogP contribution is -2.46. The summed E-state index contributed by atoms with van der Waals surface area (Å²) in [4.78, 5) is 14.8. The van der Waals surface area contributed by atoms with Gasteiger partial charge in [-0.15, -0.1) is 10.2 Å². The summed E-state index contributed by atoms with van der Waals surface area (Å²) in [5, 5.41) is 8.08. The van der Waals surface area contributed by atoms with Gasteiger partial charge in [0.1, 0.15) is 0 Å². The molecule has 0 unspecified atom stereocenters. The maximum atomic E-state index is 12.7. The Balaban J connectivity index is 1.57. The Bertz CT molecular complexity index is 586. The van der Waals surface area contributed by atoms with Gasteiger partial charge in [0.25, 0.3) is 0 Å². The van der Waals surface area contributed by atoms with Gasteiger partial charge in [-0.3, -0.25) is 4.79 Å². The highest BCUT2D eigenvalue weighted by atomic mass is 16.5. The number of hydrogen-bond acceptors (Lipinski definition) is 5. The van der Waals surface area contributed by atoms with Crippen molar-refractivity contribution in [2.24, 2.45) is 5.41 Å². The van der Waals surface area contributed by atoms with E-state index in [1.54, 1.807) is 7.11 Å². The zero-order valence-electron chi connectivity index (χ0n) is 15.2. The van der Waals surface area contributed by atoms with Crippen LogP contribution in [0.2, 0.25) is 0 Å². The number of amides is 1. The van der Waals surface area contributed by atoms with Crippen molar-refractivity contribution in [3.8, 4) is 0 Å². The van der Waals surface area contributed by atoms with Crippen molar-refractivity contribution < 1.29 is 13.9 Å². The molecule has 3 rings (SSSR count). The van der Waals surface area contributed by atoms with Crippen LogP contribution in [-0.4, -0.2) is 46.8 Å². The molecule has 0 bridgehead atoms. The third kappa shape index (κ3) is 3.34. The van der Waals surface area contributed by atoms with Crippen molar-refractivity contribution in [3.63, 3.8) is 0 Å². The summed E-state index contributed by atoms with van der Waals surface area (Å²) in [6, 6.07) is 0.352. The highest BCUT2D eigenvalue weighted by molar-refractivity contribution is 5.77. The first kappa shape index (κ1) is 17.4. The molecule has 6 nitrogen and oxygen atoms in total. The molecule has 0 spiro atoms. The number of likely N-dealkylation sites (tertiary alicyclic amines) is 1. The normalized spacial score (nSPS) is 30.0. The van der Waals surface area contributed by atoms with Crippen molar-refractivity contribution in [1.82, 2.24) is 15.1 Å². The number of ether oxygens (including phenoxy) is 1. The van der Waals surface area contributed by atoms with Gasteiger partial charge in [0.05, 0.1) is 6.10 Å². The Morgan fingerprint density at radius 3 is 2.88 bits per heavy atom. The summed E-state index contributed by atoms with van der Waals surface area (Å²) in [7, 11) is 1.79. The molecule has 1 saturated carbocycles. The highest BCUT2D eigenvalue weighted by Crippen LogP contribution is 2.47. The molecule has 2 aliphatic rings. The van der Waals surface area contributed by atoms with Crippen LogP contribution in [0.1, 0.15) is 70.6 Å². The minimum absolute atomic E-state index is 0.198. The third-order valence-electron chi connectivity index (χ3n) is 5.74. The molecular weight excluding hydrogens is 306 g/mol. The van der Waals surface area contributed by atoms with Gasteiger partial charge in [-0.1, -0.05) is 20.8 Å². The average molecular weight is 335 g/mol. The maximum absolute atomic E-state index is 12.7. The molecule has 2 heterocycles. The van der Waals surface area contributed by atoms with E-state index < -0.39 is 0 Å². The number of rotatable bonds is 5. The van der Waals surface area contributed by atoms with Gasteiger partial charge in [0, 0.05) is 38.5 Å². The number of fused-ring (bicyclic) bond motifs is 1. The second-order valence-electron chi connectivity index (χ2n) is 7.83. The lowest BCUT2D eigenvalue weighted by molar-refractivity contribution is -0.134. The van der Waals surface area contributed by atoms with E-state index in [9.17, 15) is 4.79 Å². The molecule has 0 N–H and O–H groups in total. The fourth-order valence-corrected chi connectivity index (χ4v) is 4.24. The zero-order valence-corrected chi connectivity index (χ0v) is 15.2. The Morgan fingerprint density at radius 1 is 1.42 bits per heavy atom. The summed E-state index contributed by atoms with van der Waals surface area (Å²) >= 11 is 0. The Morgan fingerprint density at radius 2 is 2.21 bits per heavy atom. The van der Waals surface area contributed by atoms with Crippen LogP contribution in [0.4, 0.5) is 0 Å². The van der Waals surface area contributed by atoms with Gasteiger partial charge in [-0.2, -0.15) is 0 Å². The fourth-order valence-electron chi connectivity index (χ4n) is 4.24. The van der Waals surface area contributed by atoms with Crippen molar-refractivity contribution >= 4 is 5.91 Å². The number of carbonyl (C=O) groups is 1. The molecule has 0 aromatic carbocycles. The van der Waals surface area contributed by atoms with Crippen LogP contribution >= 0.6 is 0 Å². The third-order valence-corrected chi connectivity index (χ3v) is 5.74. The SMILES string of the molecule is CO[C@@H]1CC[C@H]2N(C(=O)CCc3nnc(C(C)C)o3)CC[C@@]2(C)C1. The summed E-state index contributed by atoms with van der Waals surface area (Å²) < 4.78 is 11.2. The minimum Gasteiger partial charge on any atom is -0.425 e. The predicted octanol–water partition coefficient (Wildman–Crippen LogP) is 2.93. The molecule has 1 aliphatic heterocycles. The molecule has 1 aromatic rings. The van der Waals surface area contributed by atoms with Gasteiger partial charge in [-0.25, -0.2) is 0 Å². The first-order chi connectivity index (χ1) is 11.4. The molecule has 2 fully saturated rings. The molecule has 3 atom stereocenters. The van der Waals surface area contributed by atoms with E-state index in [0.29, 0.717) is 36.8 Å². The first-order valence-corrected chi connectivity index (χ1v) is 9.07. The molecule has 6 heteroatoms. The maximum Gasteiger partial charge on any atom is 0.223 e. The molecule has 1 aliphatic carbocycles. The smallest absolute Gasteiger partial charge is 0.223 e. The van der Waals surface area contributed by atoms with E-state index in [0.717, 1.165) is 32.2 Å². The summed E-state index contributed by atoms with van der Waals surface area (Å²) in [5.41, 5.74) is 0.198. The van der Waals surface area contributed by atoms with Gasteiger partial charge in [0.15, 0.2) is 0 Å². The van der Waals surface area contributed by atoms with Crippen LogP contribution in [0.25, 0.3) is 0 Å². The largest absolute Gasteiger partial charge is 0.425 e. The van der Waals surface area contributed by atoms with Gasteiger partial charge in [0.2, 0.25) is 17.7 Å². The second-order valence-corrected chi connectivity index (χ2v) is 7.83. The van der Waals surface area contributed by atoms with Crippen molar-refractivity contribution in [2.75, 3.05) is 13.7 Å². The monoisotopic (exact) mass is 335 g/mol. The Kier molecular flexibility index (Phi) is 4.95. The van der Waals surface area contributed by atoms with Crippen molar-refractivity contribution in [3.05, 3.63) is 11.8 Å². The second kappa shape index (κ2) is 6.82. The van der Waals surface area contributed by atoms with Crippen LogP contribution < -0.4 is 0 Å². The number of methoxy groups -OCH3 is 1. The lowest BCUT2D eigenvalue weighted by Gasteiger charge is -2.42.